The number of aliphatic hydroxyl groups is 3. The zero-order valence-corrected chi connectivity index (χ0v) is 14.2. The summed E-state index contributed by atoms with van der Waals surface area (Å²) in [5, 5.41) is 28.9. The number of benzene rings is 1. The van der Waals surface area contributed by atoms with E-state index < -0.39 is 36.7 Å². The van der Waals surface area contributed by atoms with Crippen molar-refractivity contribution in [2.45, 2.75) is 37.6 Å². The molecule has 138 valence electrons. The molecule has 25 heavy (non-hydrogen) atoms. The third-order valence-corrected chi connectivity index (χ3v) is 3.87. The number of rotatable bonds is 5. The smallest absolute Gasteiger partial charge is 0.331 e. The first-order valence-corrected chi connectivity index (χ1v) is 7.67. The minimum atomic E-state index is -1.55. The number of hydrogen-bond donors (Lipinski definition) is 3. The Morgan fingerprint density at radius 2 is 1.80 bits per heavy atom. The second-order valence-electron chi connectivity index (χ2n) is 5.56. The Balaban J connectivity index is 2.03. The van der Waals surface area contributed by atoms with Crippen LogP contribution in [-0.4, -0.2) is 66.2 Å². The minimum absolute atomic E-state index is 0.514. The van der Waals surface area contributed by atoms with Gasteiger partial charge in [0, 0.05) is 6.08 Å². The molecule has 1 aromatic carbocycles. The fourth-order valence-corrected chi connectivity index (χ4v) is 2.48. The number of methoxy groups -OCH3 is 2. The van der Waals surface area contributed by atoms with Crippen molar-refractivity contribution in [3.8, 4) is 11.5 Å². The van der Waals surface area contributed by atoms with Gasteiger partial charge in [-0.15, -0.1) is 0 Å². The number of aliphatic hydroxyl groups excluding tert-OH is 3. The monoisotopic (exact) mass is 354 g/mol. The second kappa shape index (κ2) is 8.30. The van der Waals surface area contributed by atoms with Crippen LogP contribution in [0.2, 0.25) is 0 Å². The fraction of sp³-hybridized carbons (Fsp3) is 0.471. The van der Waals surface area contributed by atoms with Crippen LogP contribution >= 0.6 is 0 Å². The number of carbonyl (C=O) groups is 1. The first-order chi connectivity index (χ1) is 11.9. The van der Waals surface area contributed by atoms with Crippen molar-refractivity contribution in [2.75, 3.05) is 14.2 Å². The Morgan fingerprint density at radius 3 is 2.44 bits per heavy atom. The highest BCUT2D eigenvalue weighted by molar-refractivity contribution is 5.87. The van der Waals surface area contributed by atoms with Gasteiger partial charge in [-0.05, 0) is 30.7 Å². The normalized spacial score (nSPS) is 29.4. The van der Waals surface area contributed by atoms with Crippen LogP contribution in [0.1, 0.15) is 12.5 Å². The van der Waals surface area contributed by atoms with Crippen LogP contribution in [0, 0.1) is 0 Å². The Hall–Kier alpha value is -2.13. The number of hydrogen-bond acceptors (Lipinski definition) is 8. The predicted octanol–water partition coefficient (Wildman–Crippen LogP) is 0.0877. The summed E-state index contributed by atoms with van der Waals surface area (Å²) >= 11 is 0. The van der Waals surface area contributed by atoms with Crippen LogP contribution in [0.5, 0.6) is 11.5 Å². The standard InChI is InChI=1S/C17H22O8/c1-9-16(14(19)15(20)17(21)24-9)25-13(18)7-5-10-4-6-11(22-2)12(8-10)23-3/h4-9,14-17,19-21H,1-3H3/b7-5-/t9-,14-,15+,16-,17+/m0/s1. The molecule has 3 N–H and O–H groups in total. The molecular weight excluding hydrogens is 332 g/mol. The zero-order chi connectivity index (χ0) is 18.6. The molecule has 1 heterocycles. The average Bonchev–Trinajstić information content (AvgIpc) is 2.61. The summed E-state index contributed by atoms with van der Waals surface area (Å²) in [6, 6.07) is 5.11. The number of carbonyl (C=O) groups excluding carboxylic acids is 1. The topological polar surface area (TPSA) is 115 Å². The van der Waals surface area contributed by atoms with Gasteiger partial charge in [0.2, 0.25) is 0 Å². The Kier molecular flexibility index (Phi) is 6.38. The molecule has 1 aliphatic heterocycles. The summed E-state index contributed by atoms with van der Waals surface area (Å²) in [5.41, 5.74) is 0.679. The van der Waals surface area contributed by atoms with Crippen molar-refractivity contribution in [3.63, 3.8) is 0 Å². The van der Waals surface area contributed by atoms with E-state index in [1.165, 1.54) is 33.3 Å². The van der Waals surface area contributed by atoms with Crippen molar-refractivity contribution in [2.24, 2.45) is 0 Å². The summed E-state index contributed by atoms with van der Waals surface area (Å²) < 4.78 is 20.5. The van der Waals surface area contributed by atoms with Gasteiger partial charge in [-0.2, -0.15) is 0 Å². The van der Waals surface area contributed by atoms with E-state index in [-0.39, 0.29) is 0 Å². The highest BCUT2D eigenvalue weighted by atomic mass is 16.7. The fourth-order valence-electron chi connectivity index (χ4n) is 2.48. The van der Waals surface area contributed by atoms with Crippen LogP contribution in [0.15, 0.2) is 24.3 Å². The maximum atomic E-state index is 12.0. The molecule has 1 aliphatic rings. The third kappa shape index (κ3) is 4.49. The van der Waals surface area contributed by atoms with Gasteiger partial charge in [-0.3, -0.25) is 0 Å². The molecule has 1 aromatic rings. The molecule has 0 aliphatic carbocycles. The van der Waals surface area contributed by atoms with Crippen LogP contribution in [0.25, 0.3) is 6.08 Å². The Morgan fingerprint density at radius 1 is 1.12 bits per heavy atom. The maximum Gasteiger partial charge on any atom is 0.331 e. The lowest BCUT2D eigenvalue weighted by molar-refractivity contribution is -0.280. The highest BCUT2D eigenvalue weighted by Crippen LogP contribution is 2.28. The van der Waals surface area contributed by atoms with E-state index in [1.807, 2.05) is 0 Å². The molecular formula is C17H22O8. The van der Waals surface area contributed by atoms with E-state index in [0.717, 1.165) is 0 Å². The van der Waals surface area contributed by atoms with E-state index in [0.29, 0.717) is 17.1 Å². The summed E-state index contributed by atoms with van der Waals surface area (Å²) in [5.74, 6) is 0.351. The van der Waals surface area contributed by atoms with Gasteiger partial charge in [0.25, 0.3) is 0 Å². The quantitative estimate of drug-likeness (QED) is 0.503. The first-order valence-electron chi connectivity index (χ1n) is 7.67. The molecule has 8 heteroatoms. The van der Waals surface area contributed by atoms with E-state index in [4.69, 9.17) is 18.9 Å². The van der Waals surface area contributed by atoms with Gasteiger partial charge < -0.3 is 34.3 Å². The van der Waals surface area contributed by atoms with Gasteiger partial charge in [0.1, 0.15) is 12.2 Å². The van der Waals surface area contributed by atoms with Crippen molar-refractivity contribution in [1.82, 2.24) is 0 Å². The van der Waals surface area contributed by atoms with Gasteiger partial charge in [-0.1, -0.05) is 6.07 Å². The molecule has 0 saturated carbocycles. The molecule has 1 fully saturated rings. The average molecular weight is 354 g/mol. The predicted molar refractivity (Wildman–Crippen MR) is 87.0 cm³/mol. The maximum absolute atomic E-state index is 12.0. The molecule has 1 saturated heterocycles. The lowest BCUT2D eigenvalue weighted by Crippen LogP contribution is -2.57. The SMILES string of the molecule is COc1ccc(/C=C\C(=O)O[C@@H]2[C@@H](O)[C@@H](O)[C@H](O)O[C@H]2C)cc1OC. The molecule has 0 spiro atoms. The van der Waals surface area contributed by atoms with Crippen molar-refractivity contribution < 1.29 is 39.1 Å². The van der Waals surface area contributed by atoms with Crippen molar-refractivity contribution in [3.05, 3.63) is 29.8 Å². The van der Waals surface area contributed by atoms with E-state index >= 15 is 0 Å². The summed E-state index contributed by atoms with van der Waals surface area (Å²) in [4.78, 5) is 12.0. The highest BCUT2D eigenvalue weighted by Gasteiger charge is 2.43. The Bertz CT molecular complexity index is 629. The summed E-state index contributed by atoms with van der Waals surface area (Å²) in [7, 11) is 3.03. The lowest BCUT2D eigenvalue weighted by Gasteiger charge is -2.38. The van der Waals surface area contributed by atoms with Gasteiger partial charge >= 0.3 is 5.97 Å². The summed E-state index contributed by atoms with van der Waals surface area (Å²) in [6.45, 7) is 1.52. The zero-order valence-electron chi connectivity index (χ0n) is 14.2. The molecule has 0 unspecified atom stereocenters. The third-order valence-electron chi connectivity index (χ3n) is 3.87. The minimum Gasteiger partial charge on any atom is -0.493 e. The first kappa shape index (κ1) is 19.2. The molecule has 5 atom stereocenters. The number of ether oxygens (including phenoxy) is 4. The van der Waals surface area contributed by atoms with E-state index in [9.17, 15) is 20.1 Å². The van der Waals surface area contributed by atoms with Crippen LogP contribution in [-0.2, 0) is 14.3 Å². The van der Waals surface area contributed by atoms with Gasteiger partial charge in [0.15, 0.2) is 23.9 Å². The van der Waals surface area contributed by atoms with Gasteiger partial charge in [0.05, 0.1) is 20.3 Å². The van der Waals surface area contributed by atoms with Crippen LogP contribution in [0.3, 0.4) is 0 Å². The molecule has 0 bridgehead atoms. The molecule has 0 amide bonds. The second-order valence-corrected chi connectivity index (χ2v) is 5.56. The van der Waals surface area contributed by atoms with Crippen molar-refractivity contribution >= 4 is 12.0 Å². The Labute approximate surface area is 145 Å². The number of esters is 1. The molecule has 8 nitrogen and oxygen atoms in total. The van der Waals surface area contributed by atoms with E-state index in [2.05, 4.69) is 0 Å². The molecule has 0 radical (unpaired) electrons. The lowest BCUT2D eigenvalue weighted by atomic mass is 10.00. The summed E-state index contributed by atoms with van der Waals surface area (Å²) in [6.07, 6.45) is -3.70. The van der Waals surface area contributed by atoms with Gasteiger partial charge in [-0.25, -0.2) is 4.79 Å². The molecule has 2 rings (SSSR count). The molecule has 0 aromatic heterocycles. The van der Waals surface area contributed by atoms with Crippen molar-refractivity contribution in [1.29, 1.82) is 0 Å². The van der Waals surface area contributed by atoms with E-state index in [1.54, 1.807) is 18.2 Å². The largest absolute Gasteiger partial charge is 0.493 e. The van der Waals surface area contributed by atoms with Crippen LogP contribution < -0.4 is 9.47 Å². The van der Waals surface area contributed by atoms with Crippen LogP contribution in [0.4, 0.5) is 0 Å².